The molecule has 1 aliphatic rings. The molecule has 0 bridgehead atoms. The van der Waals surface area contributed by atoms with Crippen LogP contribution in [0.25, 0.3) is 0 Å². The summed E-state index contributed by atoms with van der Waals surface area (Å²) in [4.78, 5) is 24.3. The first kappa shape index (κ1) is 18.9. The summed E-state index contributed by atoms with van der Waals surface area (Å²) < 4.78 is 31.0. The van der Waals surface area contributed by atoms with Crippen molar-refractivity contribution in [2.45, 2.75) is 24.8 Å². The molecule has 3 rings (SSSR count). The van der Waals surface area contributed by atoms with Crippen LogP contribution in [0.5, 0.6) is 5.75 Å². The zero-order valence-electron chi connectivity index (χ0n) is 14.8. The van der Waals surface area contributed by atoms with Gasteiger partial charge in [-0.15, -0.1) is 0 Å². The summed E-state index contributed by atoms with van der Waals surface area (Å²) in [7, 11) is -3.88. The van der Waals surface area contributed by atoms with Gasteiger partial charge in [0, 0.05) is 19.5 Å². The quantitative estimate of drug-likeness (QED) is 0.782. The number of sulfonamides is 1. The number of hydrogen-bond donors (Lipinski definition) is 1. The standard InChI is InChI=1S/C19H20N2O5S/c1-2-26-15-9-7-14(8-10-15)13-20-18(22)11-12-21-19(23)16-5-3-4-6-17(16)27(21,24)25/h3-10H,2,11-13H2,1H3,(H,20,22). The second-order valence-corrected chi connectivity index (χ2v) is 7.81. The Kier molecular flexibility index (Phi) is 5.46. The normalized spacial score (nSPS) is 14.7. The highest BCUT2D eigenvalue weighted by molar-refractivity contribution is 7.90. The number of nitrogens with zero attached hydrogens (tertiary/aromatic N) is 1. The summed E-state index contributed by atoms with van der Waals surface area (Å²) in [6.45, 7) is 2.60. The van der Waals surface area contributed by atoms with E-state index in [1.165, 1.54) is 12.1 Å². The van der Waals surface area contributed by atoms with Crippen LogP contribution in [0.3, 0.4) is 0 Å². The molecule has 2 aromatic rings. The van der Waals surface area contributed by atoms with Crippen molar-refractivity contribution in [2.75, 3.05) is 13.2 Å². The minimum absolute atomic E-state index is 0.00945. The van der Waals surface area contributed by atoms with Gasteiger partial charge in [-0.25, -0.2) is 12.7 Å². The summed E-state index contributed by atoms with van der Waals surface area (Å²) in [6.07, 6.45) is -0.101. The van der Waals surface area contributed by atoms with Gasteiger partial charge in [-0.1, -0.05) is 24.3 Å². The summed E-state index contributed by atoms with van der Waals surface area (Å²) in [5.74, 6) is -0.169. The third kappa shape index (κ3) is 3.95. The van der Waals surface area contributed by atoms with Crippen LogP contribution in [0.1, 0.15) is 29.3 Å². The van der Waals surface area contributed by atoms with Gasteiger partial charge in [0.25, 0.3) is 15.9 Å². The van der Waals surface area contributed by atoms with Crippen molar-refractivity contribution in [3.63, 3.8) is 0 Å². The number of rotatable bonds is 7. The van der Waals surface area contributed by atoms with Crippen LogP contribution >= 0.6 is 0 Å². The summed E-state index contributed by atoms with van der Waals surface area (Å²) >= 11 is 0. The van der Waals surface area contributed by atoms with Crippen LogP contribution < -0.4 is 10.1 Å². The molecule has 8 heteroatoms. The molecule has 27 heavy (non-hydrogen) atoms. The second kappa shape index (κ2) is 7.79. The van der Waals surface area contributed by atoms with E-state index >= 15 is 0 Å². The number of carbonyl (C=O) groups is 2. The van der Waals surface area contributed by atoms with Gasteiger partial charge in [0.15, 0.2) is 0 Å². The van der Waals surface area contributed by atoms with Crippen LogP contribution in [-0.2, 0) is 21.4 Å². The van der Waals surface area contributed by atoms with Crippen molar-refractivity contribution in [1.82, 2.24) is 9.62 Å². The lowest BCUT2D eigenvalue weighted by Crippen LogP contribution is -2.34. The first-order chi connectivity index (χ1) is 12.9. The van der Waals surface area contributed by atoms with E-state index in [0.29, 0.717) is 13.2 Å². The van der Waals surface area contributed by atoms with E-state index in [4.69, 9.17) is 4.74 Å². The van der Waals surface area contributed by atoms with Crippen LogP contribution in [-0.4, -0.2) is 37.7 Å². The van der Waals surface area contributed by atoms with Crippen LogP contribution in [0.4, 0.5) is 0 Å². The Hall–Kier alpha value is -2.87. The molecule has 7 nitrogen and oxygen atoms in total. The first-order valence-corrected chi connectivity index (χ1v) is 10.0. The van der Waals surface area contributed by atoms with Gasteiger partial charge in [0.2, 0.25) is 5.91 Å². The maximum absolute atomic E-state index is 12.4. The van der Waals surface area contributed by atoms with Crippen molar-refractivity contribution in [2.24, 2.45) is 0 Å². The zero-order chi connectivity index (χ0) is 19.4. The molecular formula is C19H20N2O5S. The van der Waals surface area contributed by atoms with Gasteiger partial charge >= 0.3 is 0 Å². The molecule has 0 saturated carbocycles. The van der Waals surface area contributed by atoms with Gasteiger partial charge < -0.3 is 10.1 Å². The molecule has 2 aromatic carbocycles. The maximum atomic E-state index is 12.4. The van der Waals surface area contributed by atoms with Crippen LogP contribution in [0.15, 0.2) is 53.4 Å². The minimum atomic E-state index is -3.88. The third-order valence-corrected chi connectivity index (χ3v) is 6.02. The molecule has 1 aliphatic heterocycles. The number of ether oxygens (including phenoxy) is 1. The largest absolute Gasteiger partial charge is 0.494 e. The Morgan fingerprint density at radius 1 is 1.11 bits per heavy atom. The Labute approximate surface area is 158 Å². The molecule has 0 fully saturated rings. The van der Waals surface area contributed by atoms with E-state index in [1.54, 1.807) is 12.1 Å². The lowest BCUT2D eigenvalue weighted by molar-refractivity contribution is -0.121. The Morgan fingerprint density at radius 3 is 2.48 bits per heavy atom. The molecular weight excluding hydrogens is 368 g/mol. The number of amides is 2. The molecule has 0 radical (unpaired) electrons. The molecule has 1 heterocycles. The van der Waals surface area contributed by atoms with E-state index in [-0.39, 0.29) is 29.3 Å². The van der Waals surface area contributed by atoms with Gasteiger partial charge in [0.05, 0.1) is 12.2 Å². The molecule has 0 atom stereocenters. The van der Waals surface area contributed by atoms with Gasteiger partial charge in [-0.3, -0.25) is 9.59 Å². The van der Waals surface area contributed by atoms with E-state index < -0.39 is 15.9 Å². The third-order valence-electron chi connectivity index (χ3n) is 4.18. The number of benzene rings is 2. The first-order valence-electron chi connectivity index (χ1n) is 8.58. The zero-order valence-corrected chi connectivity index (χ0v) is 15.7. The van der Waals surface area contributed by atoms with Crippen LogP contribution in [0.2, 0.25) is 0 Å². The highest BCUT2D eigenvalue weighted by atomic mass is 32.2. The van der Waals surface area contributed by atoms with Gasteiger partial charge in [0.1, 0.15) is 10.6 Å². The number of carbonyl (C=O) groups excluding carboxylic acids is 2. The van der Waals surface area contributed by atoms with Crippen molar-refractivity contribution in [3.8, 4) is 5.75 Å². The fourth-order valence-electron chi connectivity index (χ4n) is 2.81. The van der Waals surface area contributed by atoms with E-state index in [0.717, 1.165) is 15.6 Å². The van der Waals surface area contributed by atoms with Crippen molar-refractivity contribution < 1.29 is 22.7 Å². The smallest absolute Gasteiger partial charge is 0.269 e. The monoisotopic (exact) mass is 388 g/mol. The highest BCUT2D eigenvalue weighted by Gasteiger charge is 2.40. The second-order valence-electron chi connectivity index (χ2n) is 5.98. The lowest BCUT2D eigenvalue weighted by atomic mass is 10.2. The van der Waals surface area contributed by atoms with E-state index in [1.807, 2.05) is 31.2 Å². The van der Waals surface area contributed by atoms with Crippen molar-refractivity contribution in [1.29, 1.82) is 0 Å². The fourth-order valence-corrected chi connectivity index (χ4v) is 4.38. The van der Waals surface area contributed by atoms with E-state index in [9.17, 15) is 18.0 Å². The number of nitrogens with one attached hydrogen (secondary N) is 1. The SMILES string of the molecule is CCOc1ccc(CNC(=O)CCN2C(=O)c3ccccc3S2(=O)=O)cc1. The number of fused-ring (bicyclic) bond motifs is 1. The molecule has 0 spiro atoms. The molecule has 0 saturated heterocycles. The predicted octanol–water partition coefficient (Wildman–Crippen LogP) is 1.94. The molecule has 1 N–H and O–H groups in total. The molecule has 0 unspecified atom stereocenters. The Morgan fingerprint density at radius 2 is 1.81 bits per heavy atom. The van der Waals surface area contributed by atoms with E-state index in [2.05, 4.69) is 5.32 Å². The van der Waals surface area contributed by atoms with Gasteiger partial charge in [-0.05, 0) is 36.8 Å². The van der Waals surface area contributed by atoms with Gasteiger partial charge in [-0.2, -0.15) is 0 Å². The summed E-state index contributed by atoms with van der Waals surface area (Å²) in [5, 5.41) is 2.73. The number of hydrogen-bond acceptors (Lipinski definition) is 5. The fraction of sp³-hybridized carbons (Fsp3) is 0.263. The highest BCUT2D eigenvalue weighted by Crippen LogP contribution is 2.29. The average Bonchev–Trinajstić information content (AvgIpc) is 2.86. The topological polar surface area (TPSA) is 92.8 Å². The molecule has 2 amide bonds. The minimum Gasteiger partial charge on any atom is -0.494 e. The average molecular weight is 388 g/mol. The molecule has 142 valence electrons. The Bertz CT molecular complexity index is 954. The van der Waals surface area contributed by atoms with Crippen LogP contribution in [0, 0.1) is 0 Å². The Balaban J connectivity index is 1.54. The van der Waals surface area contributed by atoms with Crippen molar-refractivity contribution in [3.05, 3.63) is 59.7 Å². The summed E-state index contributed by atoms with van der Waals surface area (Å²) in [6, 6.07) is 13.4. The maximum Gasteiger partial charge on any atom is 0.269 e. The molecule has 0 aromatic heterocycles. The molecule has 0 aliphatic carbocycles. The van der Waals surface area contributed by atoms with Crippen molar-refractivity contribution >= 4 is 21.8 Å². The lowest BCUT2D eigenvalue weighted by Gasteiger charge is -2.14. The summed E-state index contributed by atoms with van der Waals surface area (Å²) in [5.41, 5.74) is 1.04. The predicted molar refractivity (Wildman–Crippen MR) is 98.7 cm³/mol.